The molecule has 4 rings (SSSR count). The molecule has 8 nitrogen and oxygen atoms in total. The van der Waals surface area contributed by atoms with Gasteiger partial charge in [0.15, 0.2) is 49.6 Å². The summed E-state index contributed by atoms with van der Waals surface area (Å²) < 4.78 is 42.2. The molecule has 0 radical (unpaired) electrons. The summed E-state index contributed by atoms with van der Waals surface area (Å²) in [4.78, 5) is 0. The minimum Gasteiger partial charge on any atom is -1.00 e. The van der Waals surface area contributed by atoms with Crippen molar-refractivity contribution in [2.75, 3.05) is 0 Å². The molecule has 0 aliphatic rings. The van der Waals surface area contributed by atoms with Gasteiger partial charge in [0, 0.05) is 58.9 Å². The molecule has 0 spiro atoms. The van der Waals surface area contributed by atoms with Crippen LogP contribution in [0.15, 0.2) is 98.1 Å². The first-order chi connectivity index (χ1) is 15.5. The van der Waals surface area contributed by atoms with E-state index < -0.39 is 10.4 Å². The normalized spacial score (nSPS) is 9.77. The van der Waals surface area contributed by atoms with Crippen LogP contribution >= 0.6 is 0 Å². The molecule has 0 bridgehead atoms. The number of nitrogens with zero attached hydrogens (tertiary/aromatic N) is 4. The van der Waals surface area contributed by atoms with Gasteiger partial charge in [0.25, 0.3) is 0 Å². The molecule has 0 amide bonds. The highest BCUT2D eigenvalue weighted by atomic mass is 35.5. The highest BCUT2D eigenvalue weighted by molar-refractivity contribution is 7.79. The minimum atomic E-state index is -5.17. The lowest BCUT2D eigenvalue weighted by atomic mass is 10.1. The van der Waals surface area contributed by atoms with E-state index in [1.54, 1.807) is 0 Å². The summed E-state index contributed by atoms with van der Waals surface area (Å²) in [5.74, 6) is 0. The number of halogens is 2. The Morgan fingerprint density at radius 3 is 0.686 bits per heavy atom. The maximum atomic E-state index is 8.52. The molecule has 0 aliphatic heterocycles. The second-order valence-electron chi connectivity index (χ2n) is 7.42. The van der Waals surface area contributed by atoms with E-state index in [0.29, 0.717) is 0 Å². The zero-order chi connectivity index (χ0) is 24.4. The molecule has 4 aromatic rings. The Hall–Kier alpha value is -2.95. The van der Waals surface area contributed by atoms with E-state index >= 15 is 0 Å². The summed E-state index contributed by atoms with van der Waals surface area (Å²) >= 11 is 0. The van der Waals surface area contributed by atoms with Gasteiger partial charge >= 0.3 is 0 Å². The number of aryl methyl sites for hydroxylation is 4. The van der Waals surface area contributed by atoms with Crippen LogP contribution in [0.4, 0.5) is 0 Å². The standard InChI is InChI=1S/2C12H14N2.2ClH.H2O4S/c2*1-13-7-3-11(4-8-13)12-5-9-14(2)10-6-12;;;1-5(2,3)4/h2*3-10H,1-2H3;2*1H;(H2,1,2,3,4)/q2*+2;;;/p-4. The van der Waals surface area contributed by atoms with E-state index in [-0.39, 0.29) is 24.8 Å². The van der Waals surface area contributed by atoms with Gasteiger partial charge in [-0.25, -0.2) is 18.3 Å². The van der Waals surface area contributed by atoms with Crippen LogP contribution in [-0.4, -0.2) is 17.5 Å². The van der Waals surface area contributed by atoms with Crippen LogP contribution in [0.2, 0.25) is 0 Å². The molecule has 188 valence electrons. The first kappa shape index (κ1) is 32.0. The molecule has 0 saturated carbocycles. The first-order valence-corrected chi connectivity index (χ1v) is 11.3. The fraction of sp³-hybridized carbons (Fsp3) is 0.167. The van der Waals surface area contributed by atoms with Gasteiger partial charge in [0.1, 0.15) is 28.2 Å². The van der Waals surface area contributed by atoms with E-state index in [2.05, 4.69) is 98.1 Å². The smallest absolute Gasteiger partial charge is 0.169 e. The largest absolute Gasteiger partial charge is 1.00 e. The van der Waals surface area contributed by atoms with Gasteiger partial charge in [0.05, 0.1) is 0 Å². The van der Waals surface area contributed by atoms with Crippen molar-refractivity contribution in [2.45, 2.75) is 0 Å². The Morgan fingerprint density at radius 1 is 0.457 bits per heavy atom. The molecular formula is C24H28Cl2N4O4S. The second-order valence-corrected chi connectivity index (χ2v) is 8.23. The van der Waals surface area contributed by atoms with Gasteiger partial charge in [-0.3, -0.25) is 8.42 Å². The zero-order valence-corrected chi connectivity index (χ0v) is 22.2. The number of hydrogen-bond acceptors (Lipinski definition) is 4. The van der Waals surface area contributed by atoms with Crippen molar-refractivity contribution >= 4 is 10.4 Å². The predicted molar refractivity (Wildman–Crippen MR) is 119 cm³/mol. The molecule has 0 fully saturated rings. The summed E-state index contributed by atoms with van der Waals surface area (Å²) in [5, 5.41) is 0. The zero-order valence-electron chi connectivity index (χ0n) is 19.8. The van der Waals surface area contributed by atoms with Gasteiger partial charge in [0.2, 0.25) is 0 Å². The van der Waals surface area contributed by atoms with E-state index in [1.807, 2.05) is 46.5 Å². The molecular weight excluding hydrogens is 511 g/mol. The average molecular weight is 539 g/mol. The number of aromatic nitrogens is 4. The van der Waals surface area contributed by atoms with Gasteiger partial charge in [-0.05, 0) is 22.3 Å². The minimum absolute atomic E-state index is 0. The fourth-order valence-electron chi connectivity index (χ4n) is 2.77. The van der Waals surface area contributed by atoms with Crippen molar-refractivity contribution in [3.63, 3.8) is 0 Å². The van der Waals surface area contributed by atoms with Crippen molar-refractivity contribution < 1.29 is 60.6 Å². The maximum absolute atomic E-state index is 8.52. The summed E-state index contributed by atoms with van der Waals surface area (Å²) in [7, 11) is 2.92. The summed E-state index contributed by atoms with van der Waals surface area (Å²) in [6, 6.07) is 17.0. The molecule has 0 aliphatic carbocycles. The van der Waals surface area contributed by atoms with Crippen LogP contribution in [0.5, 0.6) is 0 Å². The Balaban J connectivity index is 0.000000531. The highest BCUT2D eigenvalue weighted by Gasteiger charge is 2.02. The molecule has 0 unspecified atom stereocenters. The third kappa shape index (κ3) is 12.9. The molecule has 0 atom stereocenters. The molecule has 4 heterocycles. The fourth-order valence-corrected chi connectivity index (χ4v) is 2.77. The Bertz CT molecular complexity index is 1070. The Labute approximate surface area is 219 Å². The van der Waals surface area contributed by atoms with Crippen LogP contribution in [0.3, 0.4) is 0 Å². The van der Waals surface area contributed by atoms with E-state index in [1.165, 1.54) is 22.3 Å². The number of hydrogen-bond donors (Lipinski definition) is 0. The first-order valence-electron chi connectivity index (χ1n) is 10.00. The van der Waals surface area contributed by atoms with Crippen molar-refractivity contribution in [1.29, 1.82) is 0 Å². The molecule has 4 aromatic heterocycles. The third-order valence-corrected chi connectivity index (χ3v) is 4.58. The van der Waals surface area contributed by atoms with E-state index in [0.717, 1.165) is 0 Å². The molecule has 35 heavy (non-hydrogen) atoms. The average Bonchev–Trinajstić information content (AvgIpc) is 2.76. The SMILES string of the molecule is C[n+]1ccc(-c2cc[n+](C)cc2)cc1.C[n+]1ccc(-c2cc[n+](C)cc2)cc1.O=S(=O)([O-])[O-].[Cl-].[Cl-]. The topological polar surface area (TPSA) is 95.8 Å². The van der Waals surface area contributed by atoms with Gasteiger partial charge in [-0.2, -0.15) is 0 Å². The number of pyridine rings is 4. The second kappa shape index (κ2) is 15.1. The molecule has 0 saturated heterocycles. The van der Waals surface area contributed by atoms with Crippen LogP contribution in [-0.2, 0) is 38.6 Å². The summed E-state index contributed by atoms with van der Waals surface area (Å²) in [5.41, 5.74) is 5.01. The van der Waals surface area contributed by atoms with E-state index in [4.69, 9.17) is 17.5 Å². The van der Waals surface area contributed by atoms with Crippen molar-refractivity contribution in [3.05, 3.63) is 98.1 Å². The van der Waals surface area contributed by atoms with Crippen molar-refractivity contribution in [1.82, 2.24) is 0 Å². The Morgan fingerprint density at radius 2 is 0.571 bits per heavy atom. The predicted octanol–water partition coefficient (Wildman–Crippen LogP) is -5.32. The molecule has 11 heteroatoms. The van der Waals surface area contributed by atoms with E-state index in [9.17, 15) is 0 Å². The van der Waals surface area contributed by atoms with Crippen molar-refractivity contribution in [3.8, 4) is 22.3 Å². The van der Waals surface area contributed by atoms with Crippen molar-refractivity contribution in [2.24, 2.45) is 28.2 Å². The lowest BCUT2D eigenvalue weighted by molar-refractivity contribution is -0.671. The highest BCUT2D eigenvalue weighted by Crippen LogP contribution is 2.15. The molecule has 0 aromatic carbocycles. The van der Waals surface area contributed by atoms with Crippen LogP contribution in [0.1, 0.15) is 0 Å². The maximum Gasteiger partial charge on any atom is 0.169 e. The van der Waals surface area contributed by atoms with Crippen LogP contribution in [0.25, 0.3) is 22.3 Å². The molecule has 0 N–H and O–H groups in total. The lowest BCUT2D eigenvalue weighted by Gasteiger charge is -2.06. The Kier molecular flexibility index (Phi) is 13.9. The quantitative estimate of drug-likeness (QED) is 0.145. The lowest BCUT2D eigenvalue weighted by Crippen LogP contribution is -3.00. The summed E-state index contributed by atoms with van der Waals surface area (Å²) in [6.07, 6.45) is 16.5. The third-order valence-electron chi connectivity index (χ3n) is 4.58. The number of rotatable bonds is 2. The van der Waals surface area contributed by atoms with Crippen LogP contribution < -0.4 is 43.1 Å². The van der Waals surface area contributed by atoms with Gasteiger partial charge < -0.3 is 33.9 Å². The van der Waals surface area contributed by atoms with Crippen LogP contribution in [0, 0.1) is 0 Å². The van der Waals surface area contributed by atoms with Gasteiger partial charge in [-0.15, -0.1) is 0 Å². The monoisotopic (exact) mass is 538 g/mol. The van der Waals surface area contributed by atoms with Gasteiger partial charge in [-0.1, -0.05) is 0 Å². The summed E-state index contributed by atoms with van der Waals surface area (Å²) in [6.45, 7) is 0.